The Morgan fingerprint density at radius 3 is 2.02 bits per heavy atom. The van der Waals surface area contributed by atoms with Crippen molar-refractivity contribution in [3.63, 3.8) is 0 Å². The van der Waals surface area contributed by atoms with E-state index in [1.807, 2.05) is 12.3 Å². The van der Waals surface area contributed by atoms with Gasteiger partial charge in [-0.25, -0.2) is 9.97 Å². The molecule has 0 saturated heterocycles. The maximum atomic E-state index is 6.64. The van der Waals surface area contributed by atoms with Crippen LogP contribution in [0.4, 0.5) is 0 Å². The molecule has 0 spiro atoms. The van der Waals surface area contributed by atoms with E-state index in [2.05, 4.69) is 157 Å². The largest absolute Gasteiger partial charge is 0.457 e. The van der Waals surface area contributed by atoms with Gasteiger partial charge < -0.3 is 4.74 Å². The molecule has 0 aliphatic heterocycles. The Hall–Kier alpha value is -5.94. The predicted octanol–water partition coefficient (Wildman–Crippen LogP) is 10.9. The minimum Gasteiger partial charge on any atom is -0.457 e. The van der Waals surface area contributed by atoms with Gasteiger partial charge in [-0.15, -0.1) is 0 Å². The number of pyridine rings is 2. The Kier molecular flexibility index (Phi) is 6.00. The molecule has 0 radical (unpaired) electrons. The molecule has 4 heterocycles. The van der Waals surface area contributed by atoms with Crippen LogP contribution in [0.1, 0.15) is 26.3 Å². The van der Waals surface area contributed by atoms with Crippen LogP contribution in [0.25, 0.3) is 66.2 Å². The van der Waals surface area contributed by atoms with E-state index in [4.69, 9.17) is 14.7 Å². The molecule has 0 aliphatic carbocycles. The van der Waals surface area contributed by atoms with Crippen LogP contribution in [0.5, 0.6) is 11.5 Å². The van der Waals surface area contributed by atoms with Gasteiger partial charge in [0.25, 0.3) is 0 Å². The van der Waals surface area contributed by atoms with Crippen LogP contribution in [0.2, 0.25) is 0 Å². The Bertz CT molecular complexity index is 2640. The molecule has 9 aromatic rings. The van der Waals surface area contributed by atoms with E-state index in [0.717, 1.165) is 66.9 Å². The molecule has 5 nitrogen and oxygen atoms in total. The maximum absolute atomic E-state index is 6.64. The normalized spacial score (nSPS) is 12.1. The Labute approximate surface area is 272 Å². The number of benzene rings is 5. The second-order valence-electron chi connectivity index (χ2n) is 13.2. The van der Waals surface area contributed by atoms with Crippen molar-refractivity contribution in [1.82, 2.24) is 18.9 Å². The molecule has 0 saturated carbocycles. The zero-order valence-corrected chi connectivity index (χ0v) is 26.5. The minimum atomic E-state index is 0.00819. The van der Waals surface area contributed by atoms with Gasteiger partial charge in [0.1, 0.15) is 23.0 Å². The number of nitrogens with zero attached hydrogens (tertiary/aromatic N) is 4. The number of ether oxygens (including phenoxy) is 1. The fourth-order valence-electron chi connectivity index (χ4n) is 6.82. The highest BCUT2D eigenvalue weighted by molar-refractivity contribution is 6.12. The van der Waals surface area contributed by atoms with Gasteiger partial charge in [-0.3, -0.25) is 8.97 Å². The molecule has 9 rings (SSSR count). The molecule has 0 unspecified atom stereocenters. The van der Waals surface area contributed by atoms with Crippen molar-refractivity contribution in [2.24, 2.45) is 0 Å². The summed E-state index contributed by atoms with van der Waals surface area (Å²) >= 11 is 0. The Balaban J connectivity index is 1.20. The SMILES string of the molecule is CC(C)(C)c1ccnc(-n2c3ccccc3c3ccc(Oc4ccc5c6ccccc6n6cc(-c7ccccc7)nc6c5c4)cc32)c1. The van der Waals surface area contributed by atoms with E-state index >= 15 is 0 Å². The second-order valence-corrected chi connectivity index (χ2v) is 13.2. The second kappa shape index (κ2) is 10.3. The third-order valence-electron chi connectivity index (χ3n) is 9.18. The lowest BCUT2D eigenvalue weighted by molar-refractivity contribution is 0.484. The van der Waals surface area contributed by atoms with Gasteiger partial charge in [0.05, 0.1) is 22.2 Å². The lowest BCUT2D eigenvalue weighted by Gasteiger charge is -2.20. The first kappa shape index (κ1) is 27.4. The quantitative estimate of drug-likeness (QED) is 0.187. The van der Waals surface area contributed by atoms with E-state index in [-0.39, 0.29) is 5.41 Å². The van der Waals surface area contributed by atoms with Crippen molar-refractivity contribution in [2.45, 2.75) is 26.2 Å². The first-order chi connectivity index (χ1) is 22.9. The van der Waals surface area contributed by atoms with E-state index in [0.29, 0.717) is 0 Å². The summed E-state index contributed by atoms with van der Waals surface area (Å²) in [7, 11) is 0. The summed E-state index contributed by atoms with van der Waals surface area (Å²) in [6, 6.07) is 44.3. The van der Waals surface area contributed by atoms with Crippen LogP contribution in [-0.2, 0) is 5.41 Å². The lowest BCUT2D eigenvalue weighted by atomic mass is 9.88. The van der Waals surface area contributed by atoms with Crippen molar-refractivity contribution in [2.75, 3.05) is 0 Å². The Morgan fingerprint density at radius 1 is 0.574 bits per heavy atom. The number of imidazole rings is 1. The van der Waals surface area contributed by atoms with Crippen molar-refractivity contribution >= 4 is 49.1 Å². The summed E-state index contributed by atoms with van der Waals surface area (Å²) in [6.45, 7) is 6.70. The maximum Gasteiger partial charge on any atom is 0.146 e. The molecule has 4 aromatic heterocycles. The van der Waals surface area contributed by atoms with Crippen LogP contribution in [0.3, 0.4) is 0 Å². The van der Waals surface area contributed by atoms with Gasteiger partial charge >= 0.3 is 0 Å². The zero-order chi connectivity index (χ0) is 31.7. The molecule has 0 aliphatic rings. The highest BCUT2D eigenvalue weighted by Gasteiger charge is 2.19. The summed E-state index contributed by atoms with van der Waals surface area (Å²) in [6.07, 6.45) is 4.05. The van der Waals surface area contributed by atoms with E-state index in [9.17, 15) is 0 Å². The van der Waals surface area contributed by atoms with E-state index in [1.54, 1.807) is 0 Å². The van der Waals surface area contributed by atoms with Gasteiger partial charge in [0.2, 0.25) is 0 Å². The number of fused-ring (bicyclic) bond motifs is 9. The summed E-state index contributed by atoms with van der Waals surface area (Å²) in [5.74, 6) is 2.42. The fraction of sp³-hybridized carbons (Fsp3) is 0.0952. The van der Waals surface area contributed by atoms with Crippen molar-refractivity contribution in [1.29, 1.82) is 0 Å². The molecule has 0 amide bonds. The third-order valence-corrected chi connectivity index (χ3v) is 9.18. The molecule has 5 heteroatoms. The van der Waals surface area contributed by atoms with Crippen LogP contribution < -0.4 is 4.74 Å². The number of hydrogen-bond donors (Lipinski definition) is 0. The molecule has 0 atom stereocenters. The van der Waals surface area contributed by atoms with Crippen molar-refractivity contribution in [3.05, 3.63) is 145 Å². The van der Waals surface area contributed by atoms with E-state index < -0.39 is 0 Å². The summed E-state index contributed by atoms with van der Waals surface area (Å²) in [5, 5.41) is 5.71. The smallest absolute Gasteiger partial charge is 0.146 e. The molecule has 0 bridgehead atoms. The van der Waals surface area contributed by atoms with Crippen molar-refractivity contribution < 1.29 is 4.74 Å². The van der Waals surface area contributed by atoms with E-state index in [1.165, 1.54) is 16.3 Å². The average Bonchev–Trinajstić information content (AvgIpc) is 3.69. The molecule has 0 N–H and O–H groups in total. The highest BCUT2D eigenvalue weighted by atomic mass is 16.5. The van der Waals surface area contributed by atoms with Crippen molar-refractivity contribution in [3.8, 4) is 28.6 Å². The van der Waals surface area contributed by atoms with Crippen LogP contribution in [0, 0.1) is 0 Å². The van der Waals surface area contributed by atoms with Crippen LogP contribution in [0.15, 0.2) is 140 Å². The molecule has 5 aromatic carbocycles. The number of para-hydroxylation sites is 2. The first-order valence-electron chi connectivity index (χ1n) is 16.0. The summed E-state index contributed by atoms with van der Waals surface area (Å²) in [4.78, 5) is 9.98. The average molecular weight is 609 g/mol. The van der Waals surface area contributed by atoms with Crippen LogP contribution >= 0.6 is 0 Å². The standard InChI is InChI=1S/C42H32N4O/c1-42(2,3)28-21-22-43-40(23-28)46-38-16-10-8-14-33(38)34-20-18-30(25-39(34)46)47-29-17-19-31-32-13-7-9-15-37(32)45-26-36(27-11-5-4-6-12-27)44-41(45)35(31)24-29/h4-26H,1-3H3. The number of aromatic nitrogens is 4. The molecular weight excluding hydrogens is 576 g/mol. The number of hydrogen-bond acceptors (Lipinski definition) is 3. The molecule has 0 fully saturated rings. The minimum absolute atomic E-state index is 0.00819. The number of rotatable bonds is 4. The first-order valence-corrected chi connectivity index (χ1v) is 16.0. The topological polar surface area (TPSA) is 44.4 Å². The van der Waals surface area contributed by atoms with Gasteiger partial charge in [0.15, 0.2) is 0 Å². The third kappa shape index (κ3) is 4.46. The molecular formula is C42H32N4O. The fourth-order valence-corrected chi connectivity index (χ4v) is 6.82. The van der Waals surface area contributed by atoms with Crippen LogP contribution in [-0.4, -0.2) is 18.9 Å². The van der Waals surface area contributed by atoms with Gasteiger partial charge in [-0.05, 0) is 71.0 Å². The van der Waals surface area contributed by atoms with Gasteiger partial charge in [-0.1, -0.05) is 87.5 Å². The molecule has 226 valence electrons. The van der Waals surface area contributed by atoms with Gasteiger partial charge in [0, 0.05) is 45.6 Å². The Morgan fingerprint density at radius 2 is 1.23 bits per heavy atom. The molecule has 47 heavy (non-hydrogen) atoms. The predicted molar refractivity (Wildman–Crippen MR) is 193 cm³/mol. The summed E-state index contributed by atoms with van der Waals surface area (Å²) < 4.78 is 11.1. The summed E-state index contributed by atoms with van der Waals surface area (Å²) in [5.41, 5.74) is 7.48. The zero-order valence-electron chi connectivity index (χ0n) is 26.5. The van der Waals surface area contributed by atoms with Gasteiger partial charge in [-0.2, -0.15) is 0 Å². The lowest BCUT2D eigenvalue weighted by Crippen LogP contribution is -2.12. The monoisotopic (exact) mass is 608 g/mol. The highest BCUT2D eigenvalue weighted by Crippen LogP contribution is 2.38.